The Morgan fingerprint density at radius 1 is 1.12 bits per heavy atom. The molecule has 90 valence electrons. The third kappa shape index (κ3) is 2.06. The minimum Gasteiger partial charge on any atom is -0.0655 e. The Morgan fingerprint density at radius 3 is 2.71 bits per heavy atom. The van der Waals surface area contributed by atoms with Gasteiger partial charge < -0.3 is 0 Å². The fourth-order valence-corrected chi connectivity index (χ4v) is 3.46. The highest BCUT2D eigenvalue weighted by Crippen LogP contribution is 2.39. The lowest BCUT2D eigenvalue weighted by Gasteiger charge is -2.23. The molecule has 2 aliphatic carbocycles. The van der Waals surface area contributed by atoms with E-state index in [0.29, 0.717) is 0 Å². The molecule has 3 rings (SSSR count). The van der Waals surface area contributed by atoms with Crippen LogP contribution in [0.3, 0.4) is 0 Å². The van der Waals surface area contributed by atoms with Crippen molar-refractivity contribution in [2.24, 2.45) is 0 Å². The first-order chi connectivity index (χ1) is 8.38. The molecule has 1 saturated carbocycles. The molecule has 2 aliphatic rings. The molecule has 0 heteroatoms. The molecule has 0 N–H and O–H groups in total. The first-order valence-electron chi connectivity index (χ1n) is 7.19. The van der Waals surface area contributed by atoms with E-state index in [1.807, 2.05) is 0 Å². The monoisotopic (exact) mass is 226 g/mol. The first-order valence-corrected chi connectivity index (χ1v) is 7.19. The summed E-state index contributed by atoms with van der Waals surface area (Å²) in [5.74, 6) is 0.839. The Bertz CT molecular complexity index is 433. The zero-order valence-corrected chi connectivity index (χ0v) is 10.8. The molecule has 0 nitrogen and oxygen atoms in total. The lowest BCUT2D eigenvalue weighted by atomic mass is 9.81. The van der Waals surface area contributed by atoms with E-state index in [0.717, 1.165) is 5.92 Å². The molecule has 0 aliphatic heterocycles. The van der Waals surface area contributed by atoms with Crippen LogP contribution in [0, 0.1) is 0 Å². The van der Waals surface area contributed by atoms with Gasteiger partial charge in [0.1, 0.15) is 0 Å². The van der Waals surface area contributed by atoms with Crippen LogP contribution in [0.4, 0.5) is 0 Å². The van der Waals surface area contributed by atoms with Gasteiger partial charge in [0.25, 0.3) is 0 Å². The number of rotatable bonds is 2. The van der Waals surface area contributed by atoms with Gasteiger partial charge in [-0.25, -0.2) is 0 Å². The van der Waals surface area contributed by atoms with Gasteiger partial charge in [0.2, 0.25) is 0 Å². The Kier molecular flexibility index (Phi) is 3.05. The molecular weight excluding hydrogens is 204 g/mol. The molecule has 0 radical (unpaired) electrons. The molecular formula is C17H22. The average molecular weight is 226 g/mol. The maximum absolute atomic E-state index is 2.47. The SMILES string of the molecule is CCC1=Cc2c(cccc2C2CCCCC2)C1. The molecule has 0 bridgehead atoms. The van der Waals surface area contributed by atoms with E-state index in [4.69, 9.17) is 0 Å². The van der Waals surface area contributed by atoms with Crippen molar-refractivity contribution in [1.29, 1.82) is 0 Å². The van der Waals surface area contributed by atoms with Crippen molar-refractivity contribution in [3.8, 4) is 0 Å². The van der Waals surface area contributed by atoms with Gasteiger partial charge in [0.05, 0.1) is 0 Å². The van der Waals surface area contributed by atoms with Crippen molar-refractivity contribution in [3.05, 3.63) is 40.5 Å². The molecule has 0 aromatic heterocycles. The minimum absolute atomic E-state index is 0.839. The van der Waals surface area contributed by atoms with Crippen molar-refractivity contribution in [3.63, 3.8) is 0 Å². The minimum atomic E-state index is 0.839. The lowest BCUT2D eigenvalue weighted by Crippen LogP contribution is -2.06. The van der Waals surface area contributed by atoms with Gasteiger partial charge >= 0.3 is 0 Å². The molecule has 0 atom stereocenters. The van der Waals surface area contributed by atoms with Crippen molar-refractivity contribution >= 4 is 6.08 Å². The summed E-state index contributed by atoms with van der Waals surface area (Å²) in [6.07, 6.45) is 12.0. The number of allylic oxidation sites excluding steroid dienone is 1. The Balaban J connectivity index is 1.95. The molecule has 1 fully saturated rings. The Hall–Kier alpha value is -1.04. The zero-order valence-electron chi connectivity index (χ0n) is 10.8. The highest BCUT2D eigenvalue weighted by molar-refractivity contribution is 5.67. The standard InChI is InChI=1S/C17H22/c1-2-13-11-15-9-6-10-16(17(15)12-13)14-7-4-3-5-8-14/h6,9-10,12,14H,2-5,7-8,11H2,1H3. The highest BCUT2D eigenvalue weighted by atomic mass is 14.3. The fraction of sp³-hybridized carbons (Fsp3) is 0.529. The second kappa shape index (κ2) is 4.68. The second-order valence-electron chi connectivity index (χ2n) is 5.59. The van der Waals surface area contributed by atoms with E-state index >= 15 is 0 Å². The highest BCUT2D eigenvalue weighted by Gasteiger charge is 2.21. The van der Waals surface area contributed by atoms with Crippen LogP contribution in [0.5, 0.6) is 0 Å². The van der Waals surface area contributed by atoms with E-state index in [9.17, 15) is 0 Å². The van der Waals surface area contributed by atoms with Gasteiger partial charge in [0.15, 0.2) is 0 Å². The molecule has 0 spiro atoms. The van der Waals surface area contributed by atoms with Gasteiger partial charge in [-0.2, -0.15) is 0 Å². The topological polar surface area (TPSA) is 0 Å². The van der Waals surface area contributed by atoms with Crippen LogP contribution in [-0.2, 0) is 6.42 Å². The maximum atomic E-state index is 2.47. The van der Waals surface area contributed by atoms with Crippen LogP contribution < -0.4 is 0 Å². The first kappa shape index (κ1) is 11.1. The summed E-state index contributed by atoms with van der Waals surface area (Å²) < 4.78 is 0. The van der Waals surface area contributed by atoms with Crippen LogP contribution in [-0.4, -0.2) is 0 Å². The third-order valence-electron chi connectivity index (χ3n) is 4.50. The van der Waals surface area contributed by atoms with Crippen LogP contribution in [0.25, 0.3) is 6.08 Å². The number of hydrogen-bond acceptors (Lipinski definition) is 0. The molecule has 1 aromatic carbocycles. The van der Waals surface area contributed by atoms with E-state index in [2.05, 4.69) is 31.2 Å². The molecule has 0 heterocycles. The van der Waals surface area contributed by atoms with Crippen LogP contribution in [0.1, 0.15) is 68.1 Å². The van der Waals surface area contributed by atoms with Crippen LogP contribution >= 0.6 is 0 Å². The van der Waals surface area contributed by atoms with Crippen molar-refractivity contribution in [2.45, 2.75) is 57.8 Å². The summed E-state index contributed by atoms with van der Waals surface area (Å²) in [5.41, 5.74) is 6.41. The quantitative estimate of drug-likeness (QED) is 0.659. The Labute approximate surface area is 105 Å². The van der Waals surface area contributed by atoms with Gasteiger partial charge in [-0.05, 0) is 48.3 Å². The summed E-state index contributed by atoms with van der Waals surface area (Å²) >= 11 is 0. The van der Waals surface area contributed by atoms with E-state index in [1.54, 1.807) is 22.3 Å². The summed E-state index contributed by atoms with van der Waals surface area (Å²) in [7, 11) is 0. The molecule has 17 heavy (non-hydrogen) atoms. The number of benzene rings is 1. The summed E-state index contributed by atoms with van der Waals surface area (Å²) in [4.78, 5) is 0. The average Bonchev–Trinajstić information content (AvgIpc) is 2.82. The number of fused-ring (bicyclic) bond motifs is 1. The second-order valence-corrected chi connectivity index (χ2v) is 5.59. The smallest absolute Gasteiger partial charge is 0.00578 e. The van der Waals surface area contributed by atoms with Crippen LogP contribution in [0.2, 0.25) is 0 Å². The molecule has 0 amide bonds. The predicted molar refractivity (Wildman–Crippen MR) is 74.2 cm³/mol. The van der Waals surface area contributed by atoms with Crippen molar-refractivity contribution < 1.29 is 0 Å². The van der Waals surface area contributed by atoms with E-state index in [-0.39, 0.29) is 0 Å². The lowest BCUT2D eigenvalue weighted by molar-refractivity contribution is 0.443. The van der Waals surface area contributed by atoms with Gasteiger partial charge in [-0.3, -0.25) is 0 Å². The summed E-state index contributed by atoms with van der Waals surface area (Å²) in [5, 5.41) is 0. The maximum Gasteiger partial charge on any atom is -0.00578 e. The van der Waals surface area contributed by atoms with Gasteiger partial charge in [-0.15, -0.1) is 0 Å². The fourth-order valence-electron chi connectivity index (χ4n) is 3.46. The molecule has 0 saturated heterocycles. The Morgan fingerprint density at radius 2 is 1.94 bits per heavy atom. The largest absolute Gasteiger partial charge is 0.0655 e. The summed E-state index contributed by atoms with van der Waals surface area (Å²) in [6.45, 7) is 2.28. The summed E-state index contributed by atoms with van der Waals surface area (Å²) in [6, 6.07) is 6.97. The van der Waals surface area contributed by atoms with Crippen molar-refractivity contribution in [1.82, 2.24) is 0 Å². The normalized spacial score (nSPS) is 20.2. The third-order valence-corrected chi connectivity index (χ3v) is 4.50. The van der Waals surface area contributed by atoms with Crippen LogP contribution in [0.15, 0.2) is 23.8 Å². The molecule has 0 unspecified atom stereocenters. The zero-order chi connectivity index (χ0) is 11.7. The van der Waals surface area contributed by atoms with Crippen molar-refractivity contribution in [2.75, 3.05) is 0 Å². The van der Waals surface area contributed by atoms with Gasteiger partial charge in [-0.1, -0.05) is 56.0 Å². The van der Waals surface area contributed by atoms with E-state index in [1.165, 1.54) is 44.9 Å². The predicted octanol–water partition coefficient (Wildman–Crippen LogP) is 5.08. The van der Waals surface area contributed by atoms with E-state index < -0.39 is 0 Å². The number of hydrogen-bond donors (Lipinski definition) is 0. The molecule has 1 aromatic rings. The van der Waals surface area contributed by atoms with Gasteiger partial charge in [0, 0.05) is 0 Å².